The molecule has 0 saturated heterocycles. The second-order valence-electron chi connectivity index (χ2n) is 7.24. The number of hydrogen-bond acceptors (Lipinski definition) is 5. The fourth-order valence-corrected chi connectivity index (χ4v) is 3.53. The molecule has 0 fully saturated rings. The number of carbonyl (C=O) groups excluding carboxylic acids is 1. The molecule has 2 aromatic carbocycles. The molecule has 0 saturated carbocycles. The van der Waals surface area contributed by atoms with Gasteiger partial charge in [-0.3, -0.25) is 4.79 Å². The van der Waals surface area contributed by atoms with Gasteiger partial charge in [0.1, 0.15) is 30.3 Å². The monoisotopic (exact) mass is 407 g/mol. The molecule has 1 aliphatic heterocycles. The first kappa shape index (κ1) is 19.9. The van der Waals surface area contributed by atoms with Gasteiger partial charge in [-0.2, -0.15) is 0 Å². The number of fused-ring (bicyclic) bond motifs is 2. The predicted molar refractivity (Wildman–Crippen MR) is 117 cm³/mol. The molecule has 0 atom stereocenters. The van der Waals surface area contributed by atoms with E-state index < -0.39 is 0 Å². The molecule has 1 amide bonds. The van der Waals surface area contributed by atoms with Crippen LogP contribution in [-0.4, -0.2) is 25.7 Å². The van der Waals surface area contributed by atoms with E-state index in [0.29, 0.717) is 42.8 Å². The van der Waals surface area contributed by atoms with Crippen molar-refractivity contribution in [2.75, 3.05) is 25.1 Å². The van der Waals surface area contributed by atoms with Crippen LogP contribution in [0.5, 0.6) is 17.2 Å². The lowest BCUT2D eigenvalue weighted by Gasteiger charge is -2.18. The Morgan fingerprint density at radius 2 is 1.90 bits per heavy atom. The molecule has 0 radical (unpaired) electrons. The van der Waals surface area contributed by atoms with E-state index in [-0.39, 0.29) is 5.91 Å². The smallest absolute Gasteiger partial charge is 0.248 e. The molecule has 1 aromatic heterocycles. The number of hydrogen-bond donors (Lipinski definition) is 1. The quantitative estimate of drug-likeness (QED) is 0.584. The molecule has 0 spiro atoms. The highest BCUT2D eigenvalue weighted by molar-refractivity contribution is 6.05. The van der Waals surface area contributed by atoms with Crippen molar-refractivity contribution in [2.24, 2.45) is 0 Å². The molecule has 6 nitrogen and oxygen atoms in total. The van der Waals surface area contributed by atoms with Crippen LogP contribution in [-0.2, 0) is 4.79 Å². The highest BCUT2D eigenvalue weighted by Crippen LogP contribution is 2.35. The van der Waals surface area contributed by atoms with Crippen LogP contribution in [0.4, 0.5) is 5.69 Å². The molecular formula is C24H25NO5. The molecule has 0 unspecified atom stereocenters. The number of nitrogens with one attached hydrogen (secondary N) is 1. The Bertz CT molecular complexity index is 1140. The number of rotatable bonds is 5. The van der Waals surface area contributed by atoms with Gasteiger partial charge in [0.05, 0.1) is 6.61 Å². The Morgan fingerprint density at radius 3 is 2.67 bits per heavy atom. The van der Waals surface area contributed by atoms with Crippen molar-refractivity contribution in [1.29, 1.82) is 0 Å². The van der Waals surface area contributed by atoms with Crippen LogP contribution in [0.25, 0.3) is 16.5 Å². The Hall–Kier alpha value is -3.41. The van der Waals surface area contributed by atoms with Gasteiger partial charge in [0.2, 0.25) is 5.91 Å². The Labute approximate surface area is 175 Å². The lowest BCUT2D eigenvalue weighted by atomic mass is 10.0. The first-order valence-electron chi connectivity index (χ1n) is 10.0. The number of carbonyl (C=O) groups is 1. The van der Waals surface area contributed by atoms with Crippen molar-refractivity contribution in [2.45, 2.75) is 27.7 Å². The number of ether oxygens (including phenoxy) is 3. The molecule has 30 heavy (non-hydrogen) atoms. The van der Waals surface area contributed by atoms with Crippen LogP contribution in [0.3, 0.4) is 0 Å². The molecule has 1 N–H and O–H groups in total. The summed E-state index contributed by atoms with van der Waals surface area (Å²) >= 11 is 0. The molecule has 1 aliphatic rings. The van der Waals surface area contributed by atoms with E-state index in [1.807, 2.05) is 39.8 Å². The molecule has 4 rings (SSSR count). The van der Waals surface area contributed by atoms with Crippen LogP contribution in [0.15, 0.2) is 40.8 Å². The summed E-state index contributed by atoms with van der Waals surface area (Å²) in [5.41, 5.74) is 4.18. The zero-order valence-corrected chi connectivity index (χ0v) is 17.6. The number of aryl methyl sites for hydroxylation is 2. The summed E-state index contributed by atoms with van der Waals surface area (Å²) < 4.78 is 22.7. The lowest BCUT2D eigenvalue weighted by Crippen LogP contribution is -2.16. The summed E-state index contributed by atoms with van der Waals surface area (Å²) in [6.07, 6.45) is 1.57. The second kappa shape index (κ2) is 8.14. The van der Waals surface area contributed by atoms with E-state index >= 15 is 0 Å². The number of amides is 1. The Morgan fingerprint density at radius 1 is 1.13 bits per heavy atom. The average Bonchev–Trinajstić information content (AvgIpc) is 3.00. The first-order chi connectivity index (χ1) is 14.5. The van der Waals surface area contributed by atoms with Crippen molar-refractivity contribution in [1.82, 2.24) is 0 Å². The van der Waals surface area contributed by atoms with Gasteiger partial charge in [-0.25, -0.2) is 0 Å². The van der Waals surface area contributed by atoms with Crippen LogP contribution < -0.4 is 19.5 Å². The SMILES string of the molecule is CCOc1cc2oc(C)c(C)c2cc1/C(C)=C/C(=O)Nc1ccc2c(c1)OCCO2. The molecule has 6 heteroatoms. The van der Waals surface area contributed by atoms with Crippen molar-refractivity contribution >= 4 is 28.1 Å². The summed E-state index contributed by atoms with van der Waals surface area (Å²) in [6.45, 7) is 9.35. The summed E-state index contributed by atoms with van der Waals surface area (Å²) in [6, 6.07) is 9.28. The van der Waals surface area contributed by atoms with E-state index in [9.17, 15) is 4.79 Å². The van der Waals surface area contributed by atoms with Gasteiger partial charge in [-0.05, 0) is 57.0 Å². The molecule has 0 aliphatic carbocycles. The van der Waals surface area contributed by atoms with Crippen LogP contribution >= 0.6 is 0 Å². The van der Waals surface area contributed by atoms with Gasteiger partial charge in [0.15, 0.2) is 11.5 Å². The lowest BCUT2D eigenvalue weighted by molar-refractivity contribution is -0.111. The van der Waals surface area contributed by atoms with E-state index in [4.69, 9.17) is 18.6 Å². The maximum Gasteiger partial charge on any atom is 0.248 e. The summed E-state index contributed by atoms with van der Waals surface area (Å²) in [5, 5.41) is 3.91. The fraction of sp³-hybridized carbons (Fsp3) is 0.292. The fourth-order valence-electron chi connectivity index (χ4n) is 3.53. The average molecular weight is 407 g/mol. The summed E-state index contributed by atoms with van der Waals surface area (Å²) in [4.78, 5) is 12.6. The largest absolute Gasteiger partial charge is 0.493 e. The van der Waals surface area contributed by atoms with Gasteiger partial charge >= 0.3 is 0 Å². The highest BCUT2D eigenvalue weighted by Gasteiger charge is 2.16. The van der Waals surface area contributed by atoms with Crippen molar-refractivity contribution in [3.8, 4) is 17.2 Å². The standard InChI is InChI=1S/C24H25NO5/c1-5-27-21-13-22-19(15(3)16(4)30-22)12-18(21)14(2)10-24(26)25-17-6-7-20-23(11-17)29-9-8-28-20/h6-7,10-13H,5,8-9H2,1-4H3,(H,25,26)/b14-10+. The highest BCUT2D eigenvalue weighted by atomic mass is 16.6. The zero-order chi connectivity index (χ0) is 21.3. The third kappa shape index (κ3) is 3.85. The molecular weight excluding hydrogens is 382 g/mol. The van der Waals surface area contributed by atoms with Gasteiger partial charge in [-0.15, -0.1) is 0 Å². The van der Waals surface area contributed by atoms with Crippen LogP contribution in [0, 0.1) is 13.8 Å². The Balaban J connectivity index is 1.61. The summed E-state index contributed by atoms with van der Waals surface area (Å²) in [5.74, 6) is 2.66. The number of anilines is 1. The van der Waals surface area contributed by atoms with Gasteiger partial charge in [0, 0.05) is 34.8 Å². The maximum absolute atomic E-state index is 12.6. The van der Waals surface area contributed by atoms with E-state index in [1.54, 1.807) is 24.3 Å². The van der Waals surface area contributed by atoms with E-state index in [1.165, 1.54) is 0 Å². The number of allylic oxidation sites excluding steroid dienone is 1. The summed E-state index contributed by atoms with van der Waals surface area (Å²) in [7, 11) is 0. The van der Waals surface area contributed by atoms with Gasteiger partial charge in [-0.1, -0.05) is 0 Å². The minimum Gasteiger partial charge on any atom is -0.493 e. The number of benzene rings is 2. The molecule has 0 bridgehead atoms. The van der Waals surface area contributed by atoms with Crippen LogP contribution in [0.2, 0.25) is 0 Å². The minimum absolute atomic E-state index is 0.230. The van der Waals surface area contributed by atoms with Crippen LogP contribution in [0.1, 0.15) is 30.7 Å². The molecule has 2 heterocycles. The number of furan rings is 1. The zero-order valence-electron chi connectivity index (χ0n) is 17.6. The third-order valence-corrected chi connectivity index (χ3v) is 5.16. The van der Waals surface area contributed by atoms with Crippen molar-refractivity contribution < 1.29 is 23.4 Å². The topological polar surface area (TPSA) is 69.9 Å². The minimum atomic E-state index is -0.230. The second-order valence-corrected chi connectivity index (χ2v) is 7.24. The van der Waals surface area contributed by atoms with E-state index in [0.717, 1.165) is 33.4 Å². The molecule has 3 aromatic rings. The van der Waals surface area contributed by atoms with Crippen molar-refractivity contribution in [3.63, 3.8) is 0 Å². The van der Waals surface area contributed by atoms with Gasteiger partial charge < -0.3 is 23.9 Å². The normalized spacial score (nSPS) is 13.4. The Kier molecular flexibility index (Phi) is 5.40. The molecule has 156 valence electrons. The van der Waals surface area contributed by atoms with E-state index in [2.05, 4.69) is 5.32 Å². The first-order valence-corrected chi connectivity index (χ1v) is 10.0. The predicted octanol–water partition coefficient (Wildman–Crippen LogP) is 5.26. The van der Waals surface area contributed by atoms with Gasteiger partial charge in [0.25, 0.3) is 0 Å². The third-order valence-electron chi connectivity index (χ3n) is 5.16. The van der Waals surface area contributed by atoms with Crippen molar-refractivity contribution in [3.05, 3.63) is 53.3 Å². The maximum atomic E-state index is 12.6.